The molecule has 378 valence electrons. The molecular formula is C51H84O15. The molecule has 2 aliphatic rings. The number of unbranched alkanes of at least 4 members (excludes halogenated alkanes) is 10. The Morgan fingerprint density at radius 2 is 0.955 bits per heavy atom. The summed E-state index contributed by atoms with van der Waals surface area (Å²) in [6.07, 6.45) is 26.5. The number of allylic oxidation sites excluding steroid dienone is 12. The third-order valence-corrected chi connectivity index (χ3v) is 11.2. The Hall–Kier alpha value is -3.06. The molecule has 0 spiro atoms. The van der Waals surface area contributed by atoms with Crippen LogP contribution >= 0.6 is 0 Å². The summed E-state index contributed by atoms with van der Waals surface area (Å²) in [6.45, 7) is 2.36. The summed E-state index contributed by atoms with van der Waals surface area (Å²) in [6, 6.07) is 0. The molecule has 0 radical (unpaired) electrons. The zero-order valence-electron chi connectivity index (χ0n) is 39.6. The van der Waals surface area contributed by atoms with Gasteiger partial charge in [0.2, 0.25) is 0 Å². The highest BCUT2D eigenvalue weighted by atomic mass is 16.7. The molecule has 15 nitrogen and oxygen atoms in total. The molecule has 2 heterocycles. The van der Waals surface area contributed by atoms with E-state index in [1.54, 1.807) is 0 Å². The molecule has 0 aromatic heterocycles. The van der Waals surface area contributed by atoms with Gasteiger partial charge in [-0.05, 0) is 83.5 Å². The van der Waals surface area contributed by atoms with Gasteiger partial charge in [-0.1, -0.05) is 119 Å². The van der Waals surface area contributed by atoms with Crippen LogP contribution in [0.1, 0.15) is 142 Å². The first-order valence-electron chi connectivity index (χ1n) is 24.5. The molecule has 2 aliphatic heterocycles. The van der Waals surface area contributed by atoms with E-state index in [0.29, 0.717) is 12.8 Å². The highest BCUT2D eigenvalue weighted by molar-refractivity contribution is 5.70. The van der Waals surface area contributed by atoms with Crippen molar-refractivity contribution in [3.63, 3.8) is 0 Å². The molecule has 7 N–H and O–H groups in total. The Kier molecular flexibility index (Phi) is 33.9. The molecule has 0 bridgehead atoms. The van der Waals surface area contributed by atoms with Crippen LogP contribution in [0.15, 0.2) is 72.9 Å². The Morgan fingerprint density at radius 1 is 0.500 bits per heavy atom. The number of aliphatic hydroxyl groups is 7. The predicted octanol–water partition coefficient (Wildman–Crippen LogP) is 6.26. The van der Waals surface area contributed by atoms with Crippen molar-refractivity contribution in [2.24, 2.45) is 0 Å². The fraction of sp³-hybridized carbons (Fsp3) is 0.725. The van der Waals surface area contributed by atoms with E-state index < -0.39 is 99.3 Å². The Balaban J connectivity index is 1.86. The zero-order valence-corrected chi connectivity index (χ0v) is 39.6. The third kappa shape index (κ3) is 25.9. The van der Waals surface area contributed by atoms with Crippen molar-refractivity contribution >= 4 is 11.9 Å². The number of ether oxygens (including phenoxy) is 6. The van der Waals surface area contributed by atoms with Gasteiger partial charge in [-0.25, -0.2) is 0 Å². The Labute approximate surface area is 393 Å². The topological polar surface area (TPSA) is 231 Å². The normalized spacial score (nSPS) is 26.8. The zero-order chi connectivity index (χ0) is 48.2. The highest BCUT2D eigenvalue weighted by Gasteiger charge is 2.47. The van der Waals surface area contributed by atoms with Crippen LogP contribution in [0.4, 0.5) is 0 Å². The van der Waals surface area contributed by atoms with Crippen molar-refractivity contribution in [3.05, 3.63) is 72.9 Å². The fourth-order valence-corrected chi connectivity index (χ4v) is 7.12. The van der Waals surface area contributed by atoms with E-state index in [4.69, 9.17) is 28.4 Å². The first-order valence-corrected chi connectivity index (χ1v) is 24.5. The van der Waals surface area contributed by atoms with Crippen LogP contribution in [-0.4, -0.2) is 142 Å². The van der Waals surface area contributed by atoms with E-state index in [9.17, 15) is 45.3 Å². The monoisotopic (exact) mass is 937 g/mol. The molecule has 4 unspecified atom stereocenters. The van der Waals surface area contributed by atoms with Gasteiger partial charge in [0.1, 0.15) is 55.4 Å². The van der Waals surface area contributed by atoms with Gasteiger partial charge in [-0.15, -0.1) is 0 Å². The van der Waals surface area contributed by atoms with Crippen LogP contribution in [0.5, 0.6) is 0 Å². The van der Waals surface area contributed by atoms with Crippen molar-refractivity contribution < 1.29 is 73.8 Å². The summed E-state index contributed by atoms with van der Waals surface area (Å²) in [5.41, 5.74) is 0. The summed E-state index contributed by atoms with van der Waals surface area (Å²) in [5.74, 6) is -0.998. The molecule has 2 fully saturated rings. The average Bonchev–Trinajstić information content (AvgIpc) is 3.31. The first kappa shape index (κ1) is 59.1. The lowest BCUT2D eigenvalue weighted by Crippen LogP contribution is -2.61. The van der Waals surface area contributed by atoms with Gasteiger partial charge in [-0.3, -0.25) is 9.59 Å². The Bertz CT molecular complexity index is 1430. The summed E-state index contributed by atoms with van der Waals surface area (Å²) >= 11 is 0. The third-order valence-electron chi connectivity index (χ3n) is 11.2. The van der Waals surface area contributed by atoms with E-state index in [2.05, 4.69) is 86.8 Å². The maximum Gasteiger partial charge on any atom is 0.306 e. The molecule has 0 aromatic rings. The van der Waals surface area contributed by atoms with Crippen molar-refractivity contribution in [1.29, 1.82) is 0 Å². The molecule has 0 aromatic carbocycles. The first-order chi connectivity index (χ1) is 32.0. The predicted molar refractivity (Wildman–Crippen MR) is 252 cm³/mol. The van der Waals surface area contributed by atoms with Crippen molar-refractivity contribution in [3.8, 4) is 0 Å². The molecule has 0 aliphatic carbocycles. The molecule has 0 amide bonds. The smallest absolute Gasteiger partial charge is 0.306 e. The number of carbonyl (C=O) groups excluding carboxylic acids is 2. The van der Waals surface area contributed by atoms with E-state index in [1.807, 2.05) is 0 Å². The molecule has 66 heavy (non-hydrogen) atoms. The second kappa shape index (κ2) is 37.9. The van der Waals surface area contributed by atoms with Gasteiger partial charge in [-0.2, -0.15) is 0 Å². The van der Waals surface area contributed by atoms with E-state index in [-0.39, 0.29) is 19.4 Å². The van der Waals surface area contributed by atoms with Crippen molar-refractivity contribution in [1.82, 2.24) is 0 Å². The summed E-state index contributed by atoms with van der Waals surface area (Å²) in [4.78, 5) is 25.7. The van der Waals surface area contributed by atoms with E-state index >= 15 is 0 Å². The molecule has 11 atom stereocenters. The molecular weight excluding hydrogens is 853 g/mol. The van der Waals surface area contributed by atoms with Crippen LogP contribution in [0, 0.1) is 0 Å². The summed E-state index contributed by atoms with van der Waals surface area (Å²) in [5, 5.41) is 72.0. The number of aliphatic hydroxyl groups excluding tert-OH is 7. The van der Waals surface area contributed by atoms with E-state index in [0.717, 1.165) is 83.5 Å². The van der Waals surface area contributed by atoms with Crippen LogP contribution in [0.2, 0.25) is 0 Å². The van der Waals surface area contributed by atoms with Crippen LogP contribution < -0.4 is 0 Å². The summed E-state index contributed by atoms with van der Waals surface area (Å²) in [7, 11) is 0. The van der Waals surface area contributed by atoms with Gasteiger partial charge in [0.25, 0.3) is 0 Å². The van der Waals surface area contributed by atoms with Crippen molar-refractivity contribution in [2.45, 2.75) is 210 Å². The highest BCUT2D eigenvalue weighted by Crippen LogP contribution is 2.26. The Morgan fingerprint density at radius 3 is 1.53 bits per heavy atom. The standard InChI is InChI=1S/C51H84O15/c1-3-5-7-9-11-13-15-17-19-21-23-25-27-29-31-33-42(53)61-36-39(64-43(54)34-32-30-28-26-24-22-20-18-16-14-12-10-8-6-4-2)37-62-50-49(60)47(58)45(56)41(66-50)38-63-51-48(59)46(57)44(55)40(35-52)65-51/h6,8,11-14,17-20,23,25,39-41,44-52,55-60H,3-5,7,9-10,15-16,21-22,24,26-38H2,1-2H3/b8-6+,13-11+,14-12+,19-17+,20-18+,25-23+/t39-,40-,41-,44+,45+,46?,47?,48?,49?,50-,51-/m1/s1. The lowest BCUT2D eigenvalue weighted by molar-refractivity contribution is -0.332. The number of hydrogen-bond donors (Lipinski definition) is 7. The van der Waals surface area contributed by atoms with Gasteiger partial charge in [0, 0.05) is 12.8 Å². The van der Waals surface area contributed by atoms with Gasteiger partial charge < -0.3 is 64.2 Å². The number of esters is 2. The average molecular weight is 937 g/mol. The molecule has 0 saturated carbocycles. The van der Waals surface area contributed by atoms with Gasteiger partial charge in [0.05, 0.1) is 19.8 Å². The number of rotatable bonds is 36. The molecule has 2 rings (SSSR count). The minimum atomic E-state index is -1.78. The quantitative estimate of drug-likeness (QED) is 0.0209. The fourth-order valence-electron chi connectivity index (χ4n) is 7.12. The minimum Gasteiger partial charge on any atom is -0.462 e. The molecule has 2 saturated heterocycles. The number of carbonyl (C=O) groups is 2. The second-order valence-corrected chi connectivity index (χ2v) is 16.9. The van der Waals surface area contributed by atoms with Crippen molar-refractivity contribution in [2.75, 3.05) is 26.4 Å². The van der Waals surface area contributed by atoms with E-state index in [1.165, 1.54) is 19.3 Å². The van der Waals surface area contributed by atoms with Crippen LogP contribution in [-0.2, 0) is 38.0 Å². The SMILES string of the molecule is CC/C=C/C/C=C/C/C=C/CCCCCCCC(=O)O[C@H](COC(=O)CCCC/C=C/C/C=C/C/C=C/CCCCC)CO[C@@H]1O[C@H](CO[C@@H]2O[C@H](CO)[C@H](O)C(O)C2O)[C@H](O)C(O)C1O. The summed E-state index contributed by atoms with van der Waals surface area (Å²) < 4.78 is 33.5. The van der Waals surface area contributed by atoms with Crippen LogP contribution in [0.25, 0.3) is 0 Å². The minimum absolute atomic E-state index is 0.133. The number of hydrogen-bond acceptors (Lipinski definition) is 15. The van der Waals surface area contributed by atoms with Crippen LogP contribution in [0.3, 0.4) is 0 Å². The largest absolute Gasteiger partial charge is 0.462 e. The maximum atomic E-state index is 13.0. The lowest BCUT2D eigenvalue weighted by atomic mass is 9.98. The lowest BCUT2D eigenvalue weighted by Gasteiger charge is -2.42. The van der Waals surface area contributed by atoms with Gasteiger partial charge >= 0.3 is 11.9 Å². The van der Waals surface area contributed by atoms with Gasteiger partial charge in [0.15, 0.2) is 18.7 Å². The maximum absolute atomic E-state index is 13.0. The molecule has 15 heteroatoms. The second-order valence-electron chi connectivity index (χ2n) is 16.9.